The molecule has 0 aliphatic heterocycles. The molecule has 6 heteroatoms. The summed E-state index contributed by atoms with van der Waals surface area (Å²) >= 11 is 1.49. The average molecular weight is 402 g/mol. The van der Waals surface area contributed by atoms with E-state index in [2.05, 4.69) is 69.5 Å². The van der Waals surface area contributed by atoms with E-state index in [1.54, 1.807) is 0 Å². The number of carbonyl (C=O) groups is 2. The number of benzene rings is 1. The van der Waals surface area contributed by atoms with Gasteiger partial charge in [-0.3, -0.25) is 4.79 Å². The first-order chi connectivity index (χ1) is 13.1. The highest BCUT2D eigenvalue weighted by molar-refractivity contribution is 7.10. The maximum Gasteiger partial charge on any atom is 0.312 e. The minimum absolute atomic E-state index is 0.0868. The molecule has 0 radical (unpaired) electrons. The van der Waals surface area contributed by atoms with Crippen molar-refractivity contribution in [3.63, 3.8) is 0 Å². The maximum absolute atomic E-state index is 12.7. The molecule has 0 aliphatic carbocycles. The Labute approximate surface area is 171 Å². The molecule has 1 aromatic carbocycles. The maximum atomic E-state index is 12.7. The quantitative estimate of drug-likeness (QED) is 0.630. The largest absolute Gasteiger partial charge is 0.352 e. The van der Waals surface area contributed by atoms with Crippen molar-refractivity contribution in [1.82, 2.24) is 10.6 Å². The van der Waals surface area contributed by atoms with Gasteiger partial charge in [0.05, 0.1) is 18.5 Å². The van der Waals surface area contributed by atoms with Crippen molar-refractivity contribution >= 4 is 23.3 Å². The molecule has 1 heterocycles. The fourth-order valence-electron chi connectivity index (χ4n) is 3.13. The third-order valence-electron chi connectivity index (χ3n) is 4.71. The van der Waals surface area contributed by atoms with Crippen molar-refractivity contribution in [3.8, 4) is 0 Å². The third kappa shape index (κ3) is 6.09. The van der Waals surface area contributed by atoms with E-state index in [4.69, 9.17) is 5.73 Å². The second kappa shape index (κ2) is 9.24. The number of nitrogens with two attached hydrogens (primary N) is 1. The average Bonchev–Trinajstić information content (AvgIpc) is 3.12. The molecule has 28 heavy (non-hydrogen) atoms. The van der Waals surface area contributed by atoms with Crippen molar-refractivity contribution in [2.45, 2.75) is 58.5 Å². The van der Waals surface area contributed by atoms with E-state index in [1.165, 1.54) is 16.9 Å². The van der Waals surface area contributed by atoms with Crippen molar-refractivity contribution in [1.29, 1.82) is 0 Å². The van der Waals surface area contributed by atoms with Gasteiger partial charge in [-0.2, -0.15) is 0 Å². The minimum Gasteiger partial charge on any atom is -0.352 e. The molecular weight excluding hydrogens is 370 g/mol. The Hall–Kier alpha value is -2.34. The molecule has 0 fully saturated rings. The van der Waals surface area contributed by atoms with Gasteiger partial charge in [0, 0.05) is 4.88 Å². The number of hydrogen-bond donors (Lipinski definition) is 3. The smallest absolute Gasteiger partial charge is 0.312 e. The molecule has 2 rings (SSSR count). The van der Waals surface area contributed by atoms with E-state index in [1.807, 2.05) is 17.5 Å². The predicted molar refractivity (Wildman–Crippen MR) is 115 cm³/mol. The molecule has 0 saturated heterocycles. The van der Waals surface area contributed by atoms with Crippen molar-refractivity contribution < 1.29 is 9.59 Å². The summed E-state index contributed by atoms with van der Waals surface area (Å²) in [6.07, 6.45) is 0.146. The normalized spacial score (nSPS) is 13.8. The summed E-state index contributed by atoms with van der Waals surface area (Å²) in [6, 6.07) is 11.1. The Bertz CT molecular complexity index is 777. The Balaban J connectivity index is 2.12. The molecule has 0 aliphatic rings. The summed E-state index contributed by atoms with van der Waals surface area (Å²) in [5.74, 6) is 0.111. The summed E-state index contributed by atoms with van der Waals surface area (Å²) in [7, 11) is 0. The number of nitrogens with one attached hydrogen (secondary N) is 2. The Kier molecular flexibility index (Phi) is 7.24. The lowest BCUT2D eigenvalue weighted by atomic mass is 9.85. The zero-order valence-corrected chi connectivity index (χ0v) is 18.1. The number of rotatable bonds is 7. The van der Waals surface area contributed by atoms with Crippen molar-refractivity contribution in [2.75, 3.05) is 0 Å². The SMILES string of the molecule is CC(C)C(NC(=O)CC(NC(N)=O)c1cccs1)c1ccc(C(C)(C)C)cc1. The van der Waals surface area contributed by atoms with Gasteiger partial charge >= 0.3 is 6.03 Å². The van der Waals surface area contributed by atoms with Crippen LogP contribution in [0.3, 0.4) is 0 Å². The fraction of sp³-hybridized carbons (Fsp3) is 0.455. The number of thiophene rings is 1. The lowest BCUT2D eigenvalue weighted by Crippen LogP contribution is -2.38. The topological polar surface area (TPSA) is 84.2 Å². The van der Waals surface area contributed by atoms with Crippen LogP contribution in [0, 0.1) is 5.92 Å². The molecule has 2 unspecified atom stereocenters. The third-order valence-corrected chi connectivity index (χ3v) is 5.70. The zero-order chi connectivity index (χ0) is 20.9. The molecule has 0 saturated carbocycles. The first-order valence-electron chi connectivity index (χ1n) is 9.57. The molecule has 1 aromatic heterocycles. The standard InChI is InChI=1S/C22H31N3O2S/c1-14(2)20(15-8-10-16(11-9-15)22(3,4)5)25-19(26)13-17(24-21(23)27)18-7-6-12-28-18/h6-12,14,17,20H,13H2,1-5H3,(H,25,26)(H3,23,24,27). The van der Waals surface area contributed by atoms with Gasteiger partial charge in [-0.05, 0) is 33.9 Å². The van der Waals surface area contributed by atoms with Crippen LogP contribution in [-0.4, -0.2) is 11.9 Å². The first-order valence-corrected chi connectivity index (χ1v) is 10.4. The Morgan fingerprint density at radius 2 is 1.71 bits per heavy atom. The van der Waals surface area contributed by atoms with Crippen LogP contribution in [-0.2, 0) is 10.2 Å². The van der Waals surface area contributed by atoms with E-state index >= 15 is 0 Å². The van der Waals surface area contributed by atoms with E-state index in [9.17, 15) is 9.59 Å². The fourth-order valence-corrected chi connectivity index (χ4v) is 3.91. The Morgan fingerprint density at radius 3 is 2.18 bits per heavy atom. The van der Waals surface area contributed by atoms with Gasteiger partial charge in [0.1, 0.15) is 0 Å². The summed E-state index contributed by atoms with van der Waals surface area (Å²) in [6.45, 7) is 10.7. The zero-order valence-electron chi connectivity index (χ0n) is 17.3. The minimum atomic E-state index is -0.635. The highest BCUT2D eigenvalue weighted by Crippen LogP contribution is 2.28. The van der Waals surface area contributed by atoms with Gasteiger partial charge in [-0.25, -0.2) is 4.79 Å². The number of primary amides is 1. The van der Waals surface area contributed by atoms with Crippen LogP contribution in [0.2, 0.25) is 0 Å². The molecule has 4 N–H and O–H groups in total. The van der Waals surface area contributed by atoms with E-state index in [0.29, 0.717) is 0 Å². The van der Waals surface area contributed by atoms with Crippen LogP contribution in [0.15, 0.2) is 41.8 Å². The van der Waals surface area contributed by atoms with Crippen LogP contribution in [0.4, 0.5) is 4.79 Å². The number of amides is 3. The van der Waals surface area contributed by atoms with Crippen LogP contribution in [0.5, 0.6) is 0 Å². The number of hydrogen-bond acceptors (Lipinski definition) is 3. The van der Waals surface area contributed by atoms with Crippen LogP contribution >= 0.6 is 11.3 Å². The van der Waals surface area contributed by atoms with Gasteiger partial charge < -0.3 is 16.4 Å². The second-order valence-electron chi connectivity index (χ2n) is 8.44. The van der Waals surface area contributed by atoms with Gasteiger partial charge in [0.25, 0.3) is 0 Å². The summed E-state index contributed by atoms with van der Waals surface area (Å²) in [4.78, 5) is 25.0. The molecule has 0 bridgehead atoms. The number of urea groups is 1. The van der Waals surface area contributed by atoms with E-state index in [-0.39, 0.29) is 29.7 Å². The first kappa shape index (κ1) is 22.0. The highest BCUT2D eigenvalue weighted by Gasteiger charge is 2.23. The molecule has 2 atom stereocenters. The van der Waals surface area contributed by atoms with Gasteiger partial charge in [0.15, 0.2) is 0 Å². The lowest BCUT2D eigenvalue weighted by Gasteiger charge is -2.26. The second-order valence-corrected chi connectivity index (χ2v) is 9.42. The monoisotopic (exact) mass is 401 g/mol. The summed E-state index contributed by atoms with van der Waals surface area (Å²) < 4.78 is 0. The van der Waals surface area contributed by atoms with Crippen LogP contribution in [0.25, 0.3) is 0 Å². The lowest BCUT2D eigenvalue weighted by molar-refractivity contribution is -0.122. The molecular formula is C22H31N3O2S. The van der Waals surface area contributed by atoms with Gasteiger partial charge in [0.2, 0.25) is 5.91 Å². The van der Waals surface area contributed by atoms with Crippen molar-refractivity contribution in [2.24, 2.45) is 11.7 Å². The van der Waals surface area contributed by atoms with Gasteiger partial charge in [-0.1, -0.05) is 65.0 Å². The molecule has 152 valence electrons. The van der Waals surface area contributed by atoms with Gasteiger partial charge in [-0.15, -0.1) is 11.3 Å². The van der Waals surface area contributed by atoms with E-state index in [0.717, 1.165) is 10.4 Å². The Morgan fingerprint density at radius 1 is 1.07 bits per heavy atom. The van der Waals surface area contributed by atoms with Crippen molar-refractivity contribution in [3.05, 3.63) is 57.8 Å². The van der Waals surface area contributed by atoms with Crippen LogP contribution in [0.1, 0.15) is 69.1 Å². The molecule has 2 aromatic rings. The van der Waals surface area contributed by atoms with Crippen LogP contribution < -0.4 is 16.4 Å². The van der Waals surface area contributed by atoms with E-state index < -0.39 is 12.1 Å². The summed E-state index contributed by atoms with van der Waals surface area (Å²) in [5, 5.41) is 7.71. The summed E-state index contributed by atoms with van der Waals surface area (Å²) in [5.41, 5.74) is 7.71. The molecule has 3 amide bonds. The predicted octanol–water partition coefficient (Wildman–Crippen LogP) is 4.66. The number of carbonyl (C=O) groups excluding carboxylic acids is 2. The highest BCUT2D eigenvalue weighted by atomic mass is 32.1. The molecule has 0 spiro atoms. The molecule has 5 nitrogen and oxygen atoms in total.